The second kappa shape index (κ2) is 6.67. The highest BCUT2D eigenvalue weighted by molar-refractivity contribution is 5.52. The molecule has 0 aromatic carbocycles. The van der Waals surface area contributed by atoms with Crippen molar-refractivity contribution in [3.8, 4) is 11.5 Å². The Morgan fingerprint density at radius 1 is 1.20 bits per heavy atom. The van der Waals surface area contributed by atoms with Crippen LogP contribution in [0.15, 0.2) is 22.9 Å². The van der Waals surface area contributed by atoms with Gasteiger partial charge in [0.05, 0.1) is 5.69 Å². The average Bonchev–Trinajstić information content (AvgIpc) is 3.35. The molecule has 0 amide bonds. The van der Waals surface area contributed by atoms with Crippen molar-refractivity contribution in [2.45, 2.75) is 26.9 Å². The van der Waals surface area contributed by atoms with Crippen LogP contribution in [0.2, 0.25) is 0 Å². The first kappa shape index (κ1) is 15.8. The zero-order valence-electron chi connectivity index (χ0n) is 14.5. The summed E-state index contributed by atoms with van der Waals surface area (Å²) in [6.45, 7) is 9.42. The summed E-state index contributed by atoms with van der Waals surface area (Å²) in [7, 11) is 0. The zero-order chi connectivity index (χ0) is 17.2. The van der Waals surface area contributed by atoms with E-state index in [1.54, 1.807) is 6.20 Å². The normalized spacial score (nSPS) is 15.8. The molecule has 0 unspecified atom stereocenters. The Hall–Kier alpha value is -2.68. The predicted molar refractivity (Wildman–Crippen MR) is 92.0 cm³/mol. The minimum Gasteiger partial charge on any atom is -0.361 e. The van der Waals surface area contributed by atoms with Crippen LogP contribution in [0.1, 0.15) is 18.4 Å². The molecule has 4 rings (SSSR count). The summed E-state index contributed by atoms with van der Waals surface area (Å²) in [5, 5.41) is 19.8. The van der Waals surface area contributed by atoms with Gasteiger partial charge in [0.1, 0.15) is 11.5 Å². The van der Waals surface area contributed by atoms with Crippen LogP contribution in [-0.4, -0.2) is 61.2 Å². The number of aromatic amines is 1. The highest BCUT2D eigenvalue weighted by Crippen LogP contribution is 2.22. The molecule has 9 nitrogen and oxygen atoms in total. The SMILES string of the molecule is CCn1c(-c2ccn[nH]2)nnc1N1CCN(Cc2cc(C)on2)CC1. The van der Waals surface area contributed by atoms with Gasteiger partial charge in [-0.2, -0.15) is 5.10 Å². The molecule has 9 heteroatoms. The first-order chi connectivity index (χ1) is 12.2. The first-order valence-electron chi connectivity index (χ1n) is 8.57. The molecule has 1 aliphatic rings. The molecule has 0 bridgehead atoms. The maximum Gasteiger partial charge on any atom is 0.227 e. The van der Waals surface area contributed by atoms with Crippen LogP contribution in [0.5, 0.6) is 0 Å². The Labute approximate surface area is 145 Å². The van der Waals surface area contributed by atoms with E-state index >= 15 is 0 Å². The van der Waals surface area contributed by atoms with Crippen molar-refractivity contribution < 1.29 is 4.52 Å². The molecule has 1 saturated heterocycles. The standard InChI is InChI=1S/C16H22N8O/c1-3-24-15(14-4-5-17-18-14)19-20-16(24)23-8-6-22(7-9-23)11-13-10-12(2)25-21-13/h4-5,10H,3,6-9,11H2,1-2H3,(H,17,18). The molecule has 1 N–H and O–H groups in total. The summed E-state index contributed by atoms with van der Waals surface area (Å²) in [5.74, 6) is 2.61. The van der Waals surface area contributed by atoms with Crippen LogP contribution in [0, 0.1) is 6.92 Å². The lowest BCUT2D eigenvalue weighted by molar-refractivity contribution is 0.240. The van der Waals surface area contributed by atoms with Crippen LogP contribution in [0.25, 0.3) is 11.5 Å². The molecule has 0 spiro atoms. The molecule has 132 valence electrons. The van der Waals surface area contributed by atoms with Gasteiger partial charge in [0.15, 0.2) is 5.82 Å². The third kappa shape index (κ3) is 3.14. The number of aryl methyl sites for hydroxylation is 1. The van der Waals surface area contributed by atoms with Crippen LogP contribution < -0.4 is 4.90 Å². The van der Waals surface area contributed by atoms with E-state index in [1.165, 1.54) is 0 Å². The van der Waals surface area contributed by atoms with E-state index in [1.807, 2.05) is 19.1 Å². The highest BCUT2D eigenvalue weighted by atomic mass is 16.5. The van der Waals surface area contributed by atoms with Crippen molar-refractivity contribution in [2.24, 2.45) is 0 Å². The van der Waals surface area contributed by atoms with E-state index in [9.17, 15) is 0 Å². The topological polar surface area (TPSA) is 91.9 Å². The lowest BCUT2D eigenvalue weighted by Crippen LogP contribution is -2.46. The monoisotopic (exact) mass is 342 g/mol. The fourth-order valence-corrected chi connectivity index (χ4v) is 3.23. The van der Waals surface area contributed by atoms with Crippen LogP contribution in [0.4, 0.5) is 5.95 Å². The van der Waals surface area contributed by atoms with Crippen molar-refractivity contribution in [3.63, 3.8) is 0 Å². The second-order valence-corrected chi connectivity index (χ2v) is 6.23. The molecule has 0 saturated carbocycles. The molecule has 25 heavy (non-hydrogen) atoms. The number of nitrogens with one attached hydrogen (secondary N) is 1. The fourth-order valence-electron chi connectivity index (χ4n) is 3.23. The maximum absolute atomic E-state index is 5.15. The van der Waals surface area contributed by atoms with E-state index in [4.69, 9.17) is 4.52 Å². The van der Waals surface area contributed by atoms with Gasteiger partial charge >= 0.3 is 0 Å². The van der Waals surface area contributed by atoms with E-state index in [2.05, 4.69) is 46.8 Å². The van der Waals surface area contributed by atoms with Gasteiger partial charge in [-0.1, -0.05) is 5.16 Å². The van der Waals surface area contributed by atoms with E-state index in [-0.39, 0.29) is 0 Å². The number of anilines is 1. The molecule has 0 radical (unpaired) electrons. The molecule has 0 aliphatic carbocycles. The van der Waals surface area contributed by atoms with Crippen molar-refractivity contribution in [2.75, 3.05) is 31.1 Å². The number of piperazine rings is 1. The van der Waals surface area contributed by atoms with E-state index in [0.29, 0.717) is 0 Å². The Morgan fingerprint density at radius 2 is 2.04 bits per heavy atom. The summed E-state index contributed by atoms with van der Waals surface area (Å²) in [6, 6.07) is 3.91. The van der Waals surface area contributed by atoms with Gasteiger partial charge in [0.25, 0.3) is 0 Å². The molecule has 1 aliphatic heterocycles. The summed E-state index contributed by atoms with van der Waals surface area (Å²) in [6.07, 6.45) is 1.73. The Bertz CT molecular complexity index is 813. The van der Waals surface area contributed by atoms with Gasteiger partial charge < -0.3 is 9.42 Å². The van der Waals surface area contributed by atoms with E-state index < -0.39 is 0 Å². The molecule has 3 aromatic heterocycles. The van der Waals surface area contributed by atoms with Gasteiger partial charge in [0.2, 0.25) is 5.95 Å². The Kier molecular flexibility index (Phi) is 4.22. The molecule has 4 heterocycles. The largest absolute Gasteiger partial charge is 0.361 e. The number of hydrogen-bond donors (Lipinski definition) is 1. The summed E-state index contributed by atoms with van der Waals surface area (Å²) >= 11 is 0. The summed E-state index contributed by atoms with van der Waals surface area (Å²) < 4.78 is 7.28. The highest BCUT2D eigenvalue weighted by Gasteiger charge is 2.23. The number of rotatable bonds is 5. The maximum atomic E-state index is 5.15. The zero-order valence-corrected chi connectivity index (χ0v) is 14.5. The number of aromatic nitrogens is 6. The fraction of sp³-hybridized carbons (Fsp3) is 0.500. The van der Waals surface area contributed by atoms with Gasteiger partial charge in [-0.3, -0.25) is 14.6 Å². The molecule has 3 aromatic rings. The van der Waals surface area contributed by atoms with Crippen molar-refractivity contribution in [1.29, 1.82) is 0 Å². The van der Waals surface area contributed by atoms with Crippen molar-refractivity contribution in [3.05, 3.63) is 29.8 Å². The smallest absolute Gasteiger partial charge is 0.227 e. The van der Waals surface area contributed by atoms with Gasteiger partial charge in [-0.05, 0) is 19.9 Å². The summed E-state index contributed by atoms with van der Waals surface area (Å²) in [5.41, 5.74) is 1.88. The molecule has 0 atom stereocenters. The predicted octanol–water partition coefficient (Wildman–Crippen LogP) is 1.31. The van der Waals surface area contributed by atoms with Gasteiger partial charge in [-0.25, -0.2) is 0 Å². The minimum atomic E-state index is 0.815. The van der Waals surface area contributed by atoms with Gasteiger partial charge in [-0.15, -0.1) is 10.2 Å². The van der Waals surface area contributed by atoms with Gasteiger partial charge in [0, 0.05) is 51.5 Å². The third-order valence-electron chi connectivity index (χ3n) is 4.51. The molecular formula is C16H22N8O. The quantitative estimate of drug-likeness (QED) is 0.747. The lowest BCUT2D eigenvalue weighted by atomic mass is 10.3. The summed E-state index contributed by atoms with van der Waals surface area (Å²) in [4.78, 5) is 4.68. The lowest BCUT2D eigenvalue weighted by Gasteiger charge is -2.34. The van der Waals surface area contributed by atoms with E-state index in [0.717, 1.165) is 68.2 Å². The third-order valence-corrected chi connectivity index (χ3v) is 4.51. The second-order valence-electron chi connectivity index (χ2n) is 6.23. The Balaban J connectivity index is 1.44. The minimum absolute atomic E-state index is 0.815. The number of nitrogens with zero attached hydrogens (tertiary/aromatic N) is 7. The van der Waals surface area contributed by atoms with Crippen molar-refractivity contribution >= 4 is 5.95 Å². The number of hydrogen-bond acceptors (Lipinski definition) is 7. The first-order valence-corrected chi connectivity index (χ1v) is 8.57. The number of H-pyrrole nitrogens is 1. The molecular weight excluding hydrogens is 320 g/mol. The molecule has 1 fully saturated rings. The average molecular weight is 342 g/mol. The Morgan fingerprint density at radius 3 is 2.68 bits per heavy atom. The van der Waals surface area contributed by atoms with Crippen LogP contribution >= 0.6 is 0 Å². The van der Waals surface area contributed by atoms with Crippen molar-refractivity contribution in [1.82, 2.24) is 35.0 Å². The van der Waals surface area contributed by atoms with Crippen LogP contribution in [-0.2, 0) is 13.1 Å². The van der Waals surface area contributed by atoms with Crippen LogP contribution in [0.3, 0.4) is 0 Å².